The van der Waals surface area contributed by atoms with Gasteiger partial charge in [0.15, 0.2) is 6.04 Å². The fourth-order valence-corrected chi connectivity index (χ4v) is 5.05. The Morgan fingerprint density at radius 3 is 2.05 bits per heavy atom. The van der Waals surface area contributed by atoms with Gasteiger partial charge in [0.2, 0.25) is 0 Å². The maximum Gasteiger partial charge on any atom is 0.420 e. The Kier molecular flexibility index (Phi) is 11.0. The van der Waals surface area contributed by atoms with E-state index in [9.17, 15) is 14.4 Å². The van der Waals surface area contributed by atoms with Crippen LogP contribution in [0.4, 0.5) is 9.59 Å². The van der Waals surface area contributed by atoms with Gasteiger partial charge in [-0.15, -0.1) is 0 Å². The summed E-state index contributed by atoms with van der Waals surface area (Å²) in [5.41, 5.74) is -0.613. The summed E-state index contributed by atoms with van der Waals surface area (Å²) < 4.78 is 29.6. The van der Waals surface area contributed by atoms with Gasteiger partial charge in [0.25, 0.3) is 0 Å². The van der Waals surface area contributed by atoms with Crippen molar-refractivity contribution in [2.45, 2.75) is 123 Å². The number of rotatable bonds is 6. The highest BCUT2D eigenvalue weighted by Gasteiger charge is 2.44. The number of carbonyl (C=O) groups excluding carboxylic acids is 3. The van der Waals surface area contributed by atoms with E-state index < -0.39 is 47.6 Å². The molecule has 0 unspecified atom stereocenters. The minimum absolute atomic E-state index is 0.0705. The van der Waals surface area contributed by atoms with E-state index in [1.54, 1.807) is 48.5 Å². The SMILES string of the molecule is C[C@@H]1OC(=O)[C@@H](N(C(=O)OC(C)(C)C)C(=O)OC(C)(C)C)COC[C@H](CCc2ccccc2)[C@H]1OC1CCCC1. The van der Waals surface area contributed by atoms with Crippen molar-refractivity contribution in [1.29, 1.82) is 0 Å². The highest BCUT2D eigenvalue weighted by atomic mass is 16.6. The number of ether oxygens (including phenoxy) is 5. The summed E-state index contributed by atoms with van der Waals surface area (Å²) >= 11 is 0. The molecule has 2 amide bonds. The fraction of sp³-hybridized carbons (Fsp3) is 0.710. The van der Waals surface area contributed by atoms with Crippen LogP contribution < -0.4 is 0 Å². The van der Waals surface area contributed by atoms with Crippen molar-refractivity contribution in [3.63, 3.8) is 0 Å². The Morgan fingerprint density at radius 2 is 1.50 bits per heavy atom. The second-order valence-electron chi connectivity index (χ2n) is 12.8. The highest BCUT2D eigenvalue weighted by molar-refractivity contribution is 5.94. The first-order chi connectivity index (χ1) is 18.7. The third-order valence-corrected chi connectivity index (χ3v) is 6.90. The molecule has 9 heteroatoms. The van der Waals surface area contributed by atoms with Gasteiger partial charge in [-0.2, -0.15) is 4.90 Å². The fourth-order valence-electron chi connectivity index (χ4n) is 5.05. The number of hydrogen-bond donors (Lipinski definition) is 0. The molecule has 0 spiro atoms. The Labute approximate surface area is 238 Å². The van der Waals surface area contributed by atoms with Crippen LogP contribution in [0.3, 0.4) is 0 Å². The molecule has 9 nitrogen and oxygen atoms in total. The average molecular weight is 562 g/mol. The van der Waals surface area contributed by atoms with Gasteiger partial charge in [-0.1, -0.05) is 43.2 Å². The zero-order chi connectivity index (χ0) is 29.5. The van der Waals surface area contributed by atoms with Gasteiger partial charge in [0.1, 0.15) is 17.3 Å². The molecule has 3 rings (SSSR count). The maximum absolute atomic E-state index is 13.6. The number of aryl methyl sites for hydroxylation is 1. The normalized spacial score (nSPS) is 24.8. The molecule has 2 aliphatic rings. The van der Waals surface area contributed by atoms with Crippen LogP contribution in [0.25, 0.3) is 0 Å². The van der Waals surface area contributed by atoms with Crippen LogP contribution in [0.1, 0.15) is 86.1 Å². The molecule has 1 aliphatic heterocycles. The highest BCUT2D eigenvalue weighted by Crippen LogP contribution is 2.30. The number of benzene rings is 1. The second-order valence-corrected chi connectivity index (χ2v) is 12.8. The summed E-state index contributed by atoms with van der Waals surface area (Å²) in [6, 6.07) is 8.80. The van der Waals surface area contributed by atoms with Crippen LogP contribution in [-0.4, -0.2) is 71.8 Å². The molecular weight excluding hydrogens is 514 g/mol. The van der Waals surface area contributed by atoms with E-state index in [1.807, 2.05) is 18.2 Å². The van der Waals surface area contributed by atoms with Crippen molar-refractivity contribution in [1.82, 2.24) is 4.90 Å². The summed E-state index contributed by atoms with van der Waals surface area (Å²) in [6.45, 7) is 11.9. The molecular formula is C31H47NO8. The lowest BCUT2D eigenvalue weighted by molar-refractivity contribution is -0.167. The third-order valence-electron chi connectivity index (χ3n) is 6.90. The van der Waals surface area contributed by atoms with Crippen LogP contribution in [-0.2, 0) is 34.9 Å². The number of cyclic esters (lactones) is 1. The number of esters is 1. The van der Waals surface area contributed by atoms with Gasteiger partial charge in [0, 0.05) is 5.92 Å². The van der Waals surface area contributed by atoms with Crippen molar-refractivity contribution in [3.05, 3.63) is 35.9 Å². The van der Waals surface area contributed by atoms with E-state index >= 15 is 0 Å². The largest absolute Gasteiger partial charge is 0.458 e. The molecule has 1 aromatic rings. The van der Waals surface area contributed by atoms with Crippen LogP contribution in [0.5, 0.6) is 0 Å². The number of imide groups is 1. The van der Waals surface area contributed by atoms with Crippen molar-refractivity contribution >= 4 is 18.2 Å². The smallest absolute Gasteiger partial charge is 0.420 e. The molecule has 1 heterocycles. The molecule has 1 aliphatic carbocycles. The van der Waals surface area contributed by atoms with E-state index in [1.165, 1.54) is 5.56 Å². The number of carbonyl (C=O) groups is 3. The van der Waals surface area contributed by atoms with Gasteiger partial charge in [0.05, 0.1) is 25.4 Å². The van der Waals surface area contributed by atoms with Crippen LogP contribution in [0, 0.1) is 5.92 Å². The first kappa shape index (κ1) is 31.9. The molecule has 0 aromatic heterocycles. The van der Waals surface area contributed by atoms with Crippen LogP contribution in [0.2, 0.25) is 0 Å². The van der Waals surface area contributed by atoms with Gasteiger partial charge in [-0.25, -0.2) is 14.4 Å². The maximum atomic E-state index is 13.6. The Balaban J connectivity index is 1.87. The summed E-state index contributed by atoms with van der Waals surface area (Å²) in [6.07, 6.45) is 2.80. The van der Waals surface area contributed by atoms with Crippen molar-refractivity contribution in [2.24, 2.45) is 5.92 Å². The lowest BCUT2D eigenvalue weighted by Gasteiger charge is -2.33. The predicted octanol–water partition coefficient (Wildman–Crippen LogP) is 6.07. The lowest BCUT2D eigenvalue weighted by Crippen LogP contribution is -2.54. The van der Waals surface area contributed by atoms with E-state index in [4.69, 9.17) is 23.7 Å². The Morgan fingerprint density at radius 1 is 0.925 bits per heavy atom. The molecule has 1 saturated carbocycles. The van der Waals surface area contributed by atoms with Gasteiger partial charge in [-0.05, 0) is 79.7 Å². The average Bonchev–Trinajstić information content (AvgIpc) is 3.36. The molecule has 1 saturated heterocycles. The molecule has 40 heavy (non-hydrogen) atoms. The zero-order valence-electron chi connectivity index (χ0n) is 25.1. The lowest BCUT2D eigenvalue weighted by atomic mass is 9.91. The van der Waals surface area contributed by atoms with Gasteiger partial charge in [-0.3, -0.25) is 0 Å². The third kappa shape index (κ3) is 9.77. The number of amides is 2. The van der Waals surface area contributed by atoms with Gasteiger partial charge >= 0.3 is 18.2 Å². The quantitative estimate of drug-likeness (QED) is 0.305. The summed E-state index contributed by atoms with van der Waals surface area (Å²) in [4.78, 5) is 40.7. The zero-order valence-corrected chi connectivity index (χ0v) is 25.1. The van der Waals surface area contributed by atoms with Crippen molar-refractivity contribution < 1.29 is 38.1 Å². The van der Waals surface area contributed by atoms with Crippen molar-refractivity contribution in [2.75, 3.05) is 13.2 Å². The van der Waals surface area contributed by atoms with Crippen LogP contribution >= 0.6 is 0 Å². The van der Waals surface area contributed by atoms with E-state index in [0.717, 1.165) is 38.5 Å². The van der Waals surface area contributed by atoms with E-state index in [0.29, 0.717) is 4.90 Å². The topological polar surface area (TPSA) is 101 Å². The summed E-state index contributed by atoms with van der Waals surface area (Å²) in [5.74, 6) is -0.841. The molecule has 0 N–H and O–H groups in total. The molecule has 4 atom stereocenters. The minimum Gasteiger partial charge on any atom is -0.458 e. The first-order valence-electron chi connectivity index (χ1n) is 14.5. The number of hydrogen-bond acceptors (Lipinski definition) is 8. The summed E-state index contributed by atoms with van der Waals surface area (Å²) in [7, 11) is 0. The van der Waals surface area contributed by atoms with E-state index in [2.05, 4.69) is 12.1 Å². The van der Waals surface area contributed by atoms with Gasteiger partial charge < -0.3 is 23.7 Å². The van der Waals surface area contributed by atoms with E-state index in [-0.39, 0.29) is 25.2 Å². The predicted molar refractivity (Wildman–Crippen MR) is 150 cm³/mol. The Hall–Kier alpha value is -2.65. The number of nitrogens with zero attached hydrogens (tertiary/aromatic N) is 1. The molecule has 2 fully saturated rings. The molecule has 1 aromatic carbocycles. The summed E-state index contributed by atoms with van der Waals surface area (Å²) in [5, 5.41) is 0. The monoisotopic (exact) mass is 561 g/mol. The first-order valence-corrected chi connectivity index (χ1v) is 14.5. The molecule has 0 radical (unpaired) electrons. The molecule has 224 valence electrons. The molecule has 0 bridgehead atoms. The Bertz CT molecular complexity index is 949. The standard InChI is InChI=1S/C31H47NO8/c1-21-26(38-24-15-11-12-16-24)23(18-17-22-13-9-8-10-14-22)19-36-20-25(27(33)37-21)32(28(34)39-30(2,3)4)29(35)40-31(5,6)7/h8-10,13-14,21,23-26H,11-12,15-20H2,1-7H3/t21-,23-,25-,26-/m0/s1. The second kappa shape index (κ2) is 13.8. The minimum atomic E-state index is -1.38. The van der Waals surface area contributed by atoms with Crippen molar-refractivity contribution in [3.8, 4) is 0 Å². The van der Waals surface area contributed by atoms with Crippen LogP contribution in [0.15, 0.2) is 30.3 Å².